The molecule has 0 aromatic carbocycles. The van der Waals surface area contributed by atoms with E-state index in [1.165, 1.54) is 32.1 Å². The third kappa shape index (κ3) is 2.41. The highest BCUT2D eigenvalue weighted by Crippen LogP contribution is 2.60. The minimum absolute atomic E-state index is 0. The smallest absolute Gasteiger partial charge is 0.191 e. The Balaban J connectivity index is 0.00000147. The monoisotopic (exact) mass is 389 g/mol. The van der Waals surface area contributed by atoms with E-state index in [-0.39, 0.29) is 24.0 Å². The Morgan fingerprint density at radius 1 is 1.45 bits per heavy atom. The van der Waals surface area contributed by atoms with Gasteiger partial charge in [0.2, 0.25) is 0 Å². The Hall–Kier alpha value is -0.480. The molecule has 0 aromatic heterocycles. The van der Waals surface area contributed by atoms with Crippen LogP contribution in [0.2, 0.25) is 0 Å². The summed E-state index contributed by atoms with van der Waals surface area (Å²) in [6.45, 7) is 1.44. The highest BCUT2D eigenvalue weighted by atomic mass is 127. The molecule has 3 atom stereocenters. The lowest BCUT2D eigenvalue weighted by Crippen LogP contribution is -2.69. The number of fused-ring (bicyclic) bond motifs is 2. The fourth-order valence-corrected chi connectivity index (χ4v) is 4.38. The normalized spacial score (nSPS) is 33.8. The van der Waals surface area contributed by atoms with Gasteiger partial charge in [0.05, 0.1) is 12.6 Å². The molecule has 112 valence electrons. The van der Waals surface area contributed by atoms with Gasteiger partial charge in [-0.25, -0.2) is 0 Å². The summed E-state index contributed by atoms with van der Waals surface area (Å²) in [7, 11) is 1.80. The number of hydrogen-bond donors (Lipinski definition) is 2. The first-order chi connectivity index (χ1) is 9.31. The average Bonchev–Trinajstić information content (AvgIpc) is 3.07. The van der Waals surface area contributed by atoms with E-state index < -0.39 is 0 Å². The molecule has 3 fully saturated rings. The van der Waals surface area contributed by atoms with Crippen LogP contribution >= 0.6 is 24.0 Å². The third-order valence-electron chi connectivity index (χ3n) is 5.16. The van der Waals surface area contributed by atoms with E-state index in [1.54, 1.807) is 7.05 Å². The number of terminal acetylenes is 1. The molecule has 0 amide bonds. The molecule has 2 aliphatic carbocycles. The molecule has 2 N–H and O–H groups in total. The van der Waals surface area contributed by atoms with E-state index >= 15 is 0 Å². The molecule has 4 nitrogen and oxygen atoms in total. The number of hydrogen-bond acceptors (Lipinski definition) is 2. The summed E-state index contributed by atoms with van der Waals surface area (Å²) in [5, 5.41) is 6.77. The second-order valence-corrected chi connectivity index (χ2v) is 5.94. The van der Waals surface area contributed by atoms with Crippen LogP contribution in [-0.2, 0) is 4.74 Å². The van der Waals surface area contributed by atoms with Crippen molar-refractivity contribution < 1.29 is 4.74 Å². The summed E-state index contributed by atoms with van der Waals surface area (Å²) >= 11 is 0. The number of aliphatic imine (C=N–C) groups is 1. The zero-order valence-electron chi connectivity index (χ0n) is 12.0. The van der Waals surface area contributed by atoms with Crippen LogP contribution in [0.3, 0.4) is 0 Å². The number of guanidine groups is 1. The van der Waals surface area contributed by atoms with E-state index in [4.69, 9.17) is 11.2 Å². The molecule has 0 radical (unpaired) electrons. The zero-order chi connectivity index (χ0) is 13.3. The standard InChI is InChI=1S/C15H23N3O.HI/c1-3-9-17-14(16-2)18-12-11-6-10-19-13(11)15(12)7-4-5-8-15;/h1,11-13H,4-10H2,2H3,(H2,16,17,18);1H. The maximum absolute atomic E-state index is 5.98. The van der Waals surface area contributed by atoms with E-state index in [1.807, 2.05) is 0 Å². The topological polar surface area (TPSA) is 45.7 Å². The van der Waals surface area contributed by atoms with Gasteiger partial charge in [0.25, 0.3) is 0 Å². The third-order valence-corrected chi connectivity index (χ3v) is 5.16. The minimum Gasteiger partial charge on any atom is -0.377 e. The quantitative estimate of drug-likeness (QED) is 0.328. The molecule has 1 spiro atoms. The van der Waals surface area contributed by atoms with Crippen molar-refractivity contribution in [3.8, 4) is 12.3 Å². The maximum atomic E-state index is 5.98. The lowest BCUT2D eigenvalue weighted by Gasteiger charge is -2.57. The van der Waals surface area contributed by atoms with Crippen molar-refractivity contribution in [2.45, 2.75) is 44.2 Å². The van der Waals surface area contributed by atoms with Crippen LogP contribution in [0.4, 0.5) is 0 Å². The Morgan fingerprint density at radius 2 is 2.20 bits per heavy atom. The van der Waals surface area contributed by atoms with E-state index in [0.29, 0.717) is 30.0 Å². The van der Waals surface area contributed by atoms with E-state index in [0.717, 1.165) is 12.6 Å². The van der Waals surface area contributed by atoms with Crippen molar-refractivity contribution in [3.63, 3.8) is 0 Å². The van der Waals surface area contributed by atoms with Crippen molar-refractivity contribution in [2.75, 3.05) is 20.2 Å². The SMILES string of the molecule is C#CCNC(=NC)NC1C2CCOC2C12CCCC2.I. The van der Waals surface area contributed by atoms with Crippen molar-refractivity contribution >= 4 is 29.9 Å². The Labute approximate surface area is 138 Å². The lowest BCUT2D eigenvalue weighted by molar-refractivity contribution is -0.125. The van der Waals surface area contributed by atoms with Gasteiger partial charge in [-0.2, -0.15) is 0 Å². The first-order valence-electron chi connectivity index (χ1n) is 7.34. The van der Waals surface area contributed by atoms with Crippen molar-refractivity contribution in [1.82, 2.24) is 10.6 Å². The fraction of sp³-hybridized carbons (Fsp3) is 0.800. The lowest BCUT2D eigenvalue weighted by atomic mass is 9.54. The van der Waals surface area contributed by atoms with E-state index in [9.17, 15) is 0 Å². The predicted molar refractivity (Wildman–Crippen MR) is 91.3 cm³/mol. The first kappa shape index (κ1) is 15.9. The number of halogens is 1. The molecule has 3 aliphatic rings. The molecular weight excluding hydrogens is 365 g/mol. The number of rotatable bonds is 2. The molecule has 1 aliphatic heterocycles. The second-order valence-electron chi connectivity index (χ2n) is 5.94. The molecular formula is C15H24IN3O. The molecule has 0 aromatic rings. The zero-order valence-corrected chi connectivity index (χ0v) is 14.4. The Bertz CT molecular complexity index is 412. The largest absolute Gasteiger partial charge is 0.377 e. The van der Waals surface area contributed by atoms with Crippen molar-refractivity contribution in [1.29, 1.82) is 0 Å². The first-order valence-corrected chi connectivity index (χ1v) is 7.34. The number of nitrogens with one attached hydrogen (secondary N) is 2. The molecule has 3 unspecified atom stereocenters. The highest BCUT2D eigenvalue weighted by molar-refractivity contribution is 14.0. The summed E-state index contributed by atoms with van der Waals surface area (Å²) in [5.74, 6) is 4.08. The van der Waals surface area contributed by atoms with Gasteiger partial charge in [-0.3, -0.25) is 4.99 Å². The summed E-state index contributed by atoms with van der Waals surface area (Å²) in [6.07, 6.45) is 12.2. The Morgan fingerprint density at radius 3 is 2.85 bits per heavy atom. The molecule has 3 rings (SSSR count). The summed E-state index contributed by atoms with van der Waals surface area (Å²) in [6, 6.07) is 0.506. The molecule has 0 bridgehead atoms. The van der Waals surface area contributed by atoms with Gasteiger partial charge < -0.3 is 15.4 Å². The summed E-state index contributed by atoms with van der Waals surface area (Å²) < 4.78 is 5.98. The number of ether oxygens (including phenoxy) is 1. The van der Waals surface area contributed by atoms with Gasteiger partial charge in [-0.15, -0.1) is 30.4 Å². The molecule has 1 saturated heterocycles. The van der Waals surface area contributed by atoms with Gasteiger partial charge in [0.1, 0.15) is 0 Å². The second kappa shape index (κ2) is 6.52. The van der Waals surface area contributed by atoms with Crippen LogP contribution in [-0.4, -0.2) is 38.3 Å². The van der Waals surface area contributed by atoms with Crippen LogP contribution < -0.4 is 10.6 Å². The van der Waals surface area contributed by atoms with Gasteiger partial charge >= 0.3 is 0 Å². The predicted octanol–water partition coefficient (Wildman–Crippen LogP) is 1.75. The molecule has 5 heteroatoms. The summed E-state index contributed by atoms with van der Waals surface area (Å²) in [5.41, 5.74) is 0.356. The Kier molecular flexibility index (Phi) is 5.19. The van der Waals surface area contributed by atoms with Gasteiger partial charge in [-0.05, 0) is 19.3 Å². The minimum atomic E-state index is 0. The van der Waals surface area contributed by atoms with Crippen molar-refractivity contribution in [2.24, 2.45) is 16.3 Å². The van der Waals surface area contributed by atoms with Crippen LogP contribution in [0.25, 0.3) is 0 Å². The van der Waals surface area contributed by atoms with E-state index in [2.05, 4.69) is 21.5 Å². The van der Waals surface area contributed by atoms with Gasteiger partial charge in [-0.1, -0.05) is 18.8 Å². The molecule has 1 heterocycles. The summed E-state index contributed by atoms with van der Waals surface area (Å²) in [4.78, 5) is 4.27. The van der Waals surface area contributed by atoms with Crippen LogP contribution in [0.1, 0.15) is 32.1 Å². The van der Waals surface area contributed by atoms with Gasteiger partial charge in [0, 0.05) is 31.0 Å². The number of nitrogens with zero attached hydrogens (tertiary/aromatic N) is 1. The van der Waals surface area contributed by atoms with Crippen LogP contribution in [0.15, 0.2) is 4.99 Å². The van der Waals surface area contributed by atoms with Crippen LogP contribution in [0.5, 0.6) is 0 Å². The average molecular weight is 389 g/mol. The highest BCUT2D eigenvalue weighted by Gasteiger charge is 2.65. The maximum Gasteiger partial charge on any atom is 0.191 e. The molecule has 20 heavy (non-hydrogen) atoms. The fourth-order valence-electron chi connectivity index (χ4n) is 4.38. The van der Waals surface area contributed by atoms with Crippen LogP contribution in [0, 0.1) is 23.7 Å². The molecule has 2 saturated carbocycles. The van der Waals surface area contributed by atoms with Crippen molar-refractivity contribution in [3.05, 3.63) is 0 Å². The van der Waals surface area contributed by atoms with Gasteiger partial charge in [0.15, 0.2) is 5.96 Å².